The molecule has 0 aliphatic heterocycles. The predicted octanol–water partition coefficient (Wildman–Crippen LogP) is 3.55. The number of hydrogen-bond acceptors (Lipinski definition) is 6. The second kappa shape index (κ2) is 10.3. The van der Waals surface area contributed by atoms with Crippen LogP contribution in [0.4, 0.5) is 11.6 Å². The highest BCUT2D eigenvalue weighted by atomic mass is 32.2. The van der Waals surface area contributed by atoms with Gasteiger partial charge in [0.2, 0.25) is 10.0 Å². The van der Waals surface area contributed by atoms with Crippen LogP contribution in [0.1, 0.15) is 51.9 Å². The number of nitrogens with zero attached hydrogens (tertiary/aromatic N) is 2. The molecule has 0 spiro atoms. The van der Waals surface area contributed by atoms with Gasteiger partial charge in [0.25, 0.3) is 11.5 Å². The lowest BCUT2D eigenvalue weighted by molar-refractivity contribution is -0.380. The first kappa shape index (κ1) is 22.5. The summed E-state index contributed by atoms with van der Waals surface area (Å²) in [5, 5.41) is 3.18. The van der Waals surface area contributed by atoms with Gasteiger partial charge in [-0.3, -0.25) is 0 Å². The molecule has 1 fully saturated rings. The summed E-state index contributed by atoms with van der Waals surface area (Å²) in [4.78, 5) is 15.3. The molecule has 0 radical (unpaired) electrons. The first-order valence-corrected chi connectivity index (χ1v) is 12.8. The van der Waals surface area contributed by atoms with Crippen molar-refractivity contribution >= 4 is 32.8 Å². The molecule has 0 unspecified atom stereocenters. The number of nitrogens with one attached hydrogen (secondary N) is 4. The minimum Gasteiger partial charge on any atom is -0.466 e. The van der Waals surface area contributed by atoms with Crippen molar-refractivity contribution < 1.29 is 18.1 Å². The van der Waals surface area contributed by atoms with Gasteiger partial charge >= 0.3 is 5.95 Å². The number of ether oxygens (including phenoxy) is 1. The summed E-state index contributed by atoms with van der Waals surface area (Å²) in [5.41, 5.74) is 1.98. The van der Waals surface area contributed by atoms with Crippen molar-refractivity contribution in [3.8, 4) is 5.88 Å². The minimum absolute atomic E-state index is 0.232. The average molecular weight is 460 g/mol. The maximum atomic E-state index is 12.4. The molecule has 4 N–H and O–H groups in total. The van der Waals surface area contributed by atoms with E-state index in [1.807, 2.05) is 6.92 Å². The van der Waals surface area contributed by atoms with Crippen molar-refractivity contribution in [1.82, 2.24) is 19.7 Å². The zero-order valence-electron chi connectivity index (χ0n) is 18.4. The molecule has 1 saturated carbocycles. The van der Waals surface area contributed by atoms with Gasteiger partial charge in [0.1, 0.15) is 0 Å². The first-order valence-electron chi connectivity index (χ1n) is 11.3. The predicted molar refractivity (Wildman–Crippen MR) is 122 cm³/mol. The molecule has 0 amide bonds. The quantitative estimate of drug-likeness (QED) is 0.398. The summed E-state index contributed by atoms with van der Waals surface area (Å²) in [7, 11) is -3.50. The molecule has 2 heterocycles. The molecular weight excluding hydrogens is 428 g/mol. The van der Waals surface area contributed by atoms with Crippen LogP contribution in [0.2, 0.25) is 0 Å². The third kappa shape index (κ3) is 5.55. The van der Waals surface area contributed by atoms with Gasteiger partial charge in [0, 0.05) is 6.54 Å². The number of hydrogen-bond donors (Lipinski definition) is 3. The zero-order chi connectivity index (χ0) is 22.4. The number of fused-ring (bicyclic) bond motifs is 1. The fourth-order valence-electron chi connectivity index (χ4n) is 3.89. The van der Waals surface area contributed by atoms with Gasteiger partial charge in [-0.2, -0.15) is 0 Å². The van der Waals surface area contributed by atoms with E-state index in [4.69, 9.17) is 4.74 Å². The fourth-order valence-corrected chi connectivity index (χ4v) is 4.96. The highest BCUT2D eigenvalue weighted by molar-refractivity contribution is 7.89. The van der Waals surface area contributed by atoms with Gasteiger partial charge in [0.15, 0.2) is 5.52 Å². The lowest BCUT2D eigenvalue weighted by atomic mass is 9.90. The Labute approximate surface area is 188 Å². The molecule has 0 saturated heterocycles. The molecule has 9 nitrogen and oxygen atoms in total. The van der Waals surface area contributed by atoms with Crippen LogP contribution in [0.15, 0.2) is 35.5 Å². The summed E-state index contributed by atoms with van der Waals surface area (Å²) in [6, 6.07) is 6.57. The van der Waals surface area contributed by atoms with Crippen molar-refractivity contribution in [1.29, 1.82) is 0 Å². The molecule has 1 aliphatic rings. The van der Waals surface area contributed by atoms with Gasteiger partial charge in [-0.15, -0.1) is 0 Å². The largest absolute Gasteiger partial charge is 0.466 e. The summed E-state index contributed by atoms with van der Waals surface area (Å²) >= 11 is 0. The molecule has 10 heteroatoms. The summed E-state index contributed by atoms with van der Waals surface area (Å²) < 4.78 is 33.5. The lowest BCUT2D eigenvalue weighted by Gasteiger charge is -2.21. The highest BCUT2D eigenvalue weighted by Crippen LogP contribution is 2.26. The van der Waals surface area contributed by atoms with Gasteiger partial charge in [-0.25, -0.2) is 28.4 Å². The van der Waals surface area contributed by atoms with Crippen LogP contribution < -0.4 is 19.8 Å². The van der Waals surface area contributed by atoms with E-state index in [1.165, 1.54) is 32.1 Å². The normalized spacial score (nSPS) is 15.2. The Kier molecular flexibility index (Phi) is 7.21. The van der Waals surface area contributed by atoms with E-state index >= 15 is 0 Å². The Bertz CT molecular complexity index is 1120. The number of H-pyrrole nitrogens is 2. The van der Waals surface area contributed by atoms with Crippen molar-refractivity contribution in [2.45, 2.75) is 56.8 Å². The highest BCUT2D eigenvalue weighted by Gasteiger charge is 2.20. The Morgan fingerprint density at radius 3 is 2.72 bits per heavy atom. The Morgan fingerprint density at radius 2 is 1.97 bits per heavy atom. The van der Waals surface area contributed by atoms with Crippen LogP contribution >= 0.6 is 0 Å². The van der Waals surface area contributed by atoms with Crippen LogP contribution in [0.3, 0.4) is 0 Å². The van der Waals surface area contributed by atoms with Gasteiger partial charge in [-0.05, 0) is 54.4 Å². The zero-order valence-corrected chi connectivity index (χ0v) is 19.2. The van der Waals surface area contributed by atoms with Crippen LogP contribution in [0.5, 0.6) is 5.88 Å². The Morgan fingerprint density at radius 1 is 1.19 bits per heavy atom. The number of sulfonamides is 1. The van der Waals surface area contributed by atoms with Crippen molar-refractivity contribution in [2.75, 3.05) is 18.5 Å². The molecule has 172 valence electrons. The lowest BCUT2D eigenvalue weighted by Crippen LogP contribution is -2.24. The summed E-state index contributed by atoms with van der Waals surface area (Å²) in [5.74, 6) is 1.64. The molecule has 1 aliphatic carbocycles. The fraction of sp³-hybridized carbons (Fsp3) is 0.500. The number of unbranched alkanes of at least 4 members (excludes halogenated alkanes) is 1. The van der Waals surface area contributed by atoms with E-state index in [-0.39, 0.29) is 4.90 Å². The molecule has 0 bridgehead atoms. The monoisotopic (exact) mass is 459 g/mol. The molecule has 4 rings (SSSR count). The van der Waals surface area contributed by atoms with Crippen LogP contribution in [-0.2, 0) is 10.0 Å². The molecule has 0 atom stereocenters. The Hall–Kier alpha value is -2.72. The summed E-state index contributed by atoms with van der Waals surface area (Å²) in [6.07, 6.45) is 9.57. The van der Waals surface area contributed by atoms with Gasteiger partial charge in [0.05, 0.1) is 23.5 Å². The van der Waals surface area contributed by atoms with E-state index in [2.05, 4.69) is 30.0 Å². The van der Waals surface area contributed by atoms with E-state index in [0.29, 0.717) is 42.2 Å². The maximum absolute atomic E-state index is 12.4. The number of benzene rings is 1. The SMILES string of the molecule is CCCCNS(=O)(=O)c1ccc(Nc2nc3nc[nH]c3c(OCC3CCCCC3)[nH+]2)cc1. The van der Waals surface area contributed by atoms with Crippen LogP contribution in [-0.4, -0.2) is 36.5 Å². The van der Waals surface area contributed by atoms with E-state index in [1.54, 1.807) is 30.6 Å². The van der Waals surface area contributed by atoms with E-state index < -0.39 is 10.0 Å². The minimum atomic E-state index is -3.50. The average Bonchev–Trinajstić information content (AvgIpc) is 3.27. The van der Waals surface area contributed by atoms with E-state index in [0.717, 1.165) is 18.4 Å². The number of imidazole rings is 1. The van der Waals surface area contributed by atoms with Gasteiger partial charge in [-0.1, -0.05) is 32.6 Å². The maximum Gasteiger partial charge on any atom is 0.399 e. The topological polar surface area (TPSA) is 123 Å². The number of anilines is 2. The number of aromatic amines is 2. The second-order valence-corrected chi connectivity index (χ2v) is 10.00. The second-order valence-electron chi connectivity index (χ2n) is 8.23. The third-order valence-corrected chi connectivity index (χ3v) is 7.21. The molecule has 3 aromatic rings. The van der Waals surface area contributed by atoms with Crippen LogP contribution in [0, 0.1) is 5.92 Å². The Balaban J connectivity index is 1.46. The van der Waals surface area contributed by atoms with Crippen molar-refractivity contribution in [3.05, 3.63) is 30.6 Å². The molecule has 2 aromatic heterocycles. The van der Waals surface area contributed by atoms with Crippen LogP contribution in [0.25, 0.3) is 11.2 Å². The number of rotatable bonds is 10. The van der Waals surface area contributed by atoms with E-state index in [9.17, 15) is 8.42 Å². The molecule has 1 aromatic carbocycles. The smallest absolute Gasteiger partial charge is 0.399 e. The van der Waals surface area contributed by atoms with Gasteiger partial charge < -0.3 is 9.72 Å². The first-order chi connectivity index (χ1) is 15.5. The standard InChI is InChI=1S/C22H30N6O3S/c1-2-3-13-25-32(29,30)18-11-9-17(10-12-18)26-22-27-20-19(23-15-24-20)21(28-22)31-14-16-7-5-4-6-8-16/h9-12,15-16,25H,2-8,13-14H2,1H3,(H2,23,24,26,27,28)/p+1. The molecular formula is C22H31N6O3S+. The number of aromatic nitrogens is 4. The van der Waals surface area contributed by atoms with Crippen molar-refractivity contribution in [2.24, 2.45) is 5.92 Å². The van der Waals surface area contributed by atoms with Crippen molar-refractivity contribution in [3.63, 3.8) is 0 Å². The summed E-state index contributed by atoms with van der Waals surface area (Å²) in [6.45, 7) is 3.11. The molecule has 32 heavy (non-hydrogen) atoms. The third-order valence-electron chi connectivity index (χ3n) is 5.73.